The number of aryl methyl sites for hydroxylation is 1. The van der Waals surface area contributed by atoms with Crippen LogP contribution in [-0.2, 0) is 11.2 Å². The number of rotatable bonds is 6. The fraction of sp³-hybridized carbons (Fsp3) is 0.429. The Labute approximate surface area is 164 Å². The molecule has 0 radical (unpaired) electrons. The van der Waals surface area contributed by atoms with Crippen LogP contribution in [0, 0.1) is 0 Å². The number of amides is 1. The van der Waals surface area contributed by atoms with E-state index in [1.807, 2.05) is 24.4 Å². The van der Waals surface area contributed by atoms with E-state index in [0.717, 1.165) is 60.8 Å². The Bertz CT molecular complexity index is 858. The predicted octanol–water partition coefficient (Wildman–Crippen LogP) is 2.79. The van der Waals surface area contributed by atoms with Crippen molar-refractivity contribution in [3.05, 3.63) is 36.0 Å². The summed E-state index contributed by atoms with van der Waals surface area (Å²) >= 11 is 0. The standard InChI is InChI=1S/C21H25N3O4/c1-3-15-10-16(12-22-21(15)26-2)24-8-9-27-20-5-4-17(11-19(20)24)28-18-6-7-23(13-18)14-25/h4-5,10-12,14,18H,3,6-9,13H2,1-2H3/t18-/m0/s1. The predicted molar refractivity (Wildman–Crippen MR) is 106 cm³/mol. The van der Waals surface area contributed by atoms with E-state index in [9.17, 15) is 4.79 Å². The molecule has 1 saturated heterocycles. The van der Waals surface area contributed by atoms with Gasteiger partial charge in [-0.1, -0.05) is 6.92 Å². The minimum Gasteiger partial charge on any atom is -0.490 e. The number of methoxy groups -OCH3 is 1. The van der Waals surface area contributed by atoms with Gasteiger partial charge in [0.15, 0.2) is 0 Å². The molecular weight excluding hydrogens is 358 g/mol. The number of hydrogen-bond acceptors (Lipinski definition) is 6. The van der Waals surface area contributed by atoms with Crippen LogP contribution in [0.2, 0.25) is 0 Å². The Kier molecular flexibility index (Phi) is 5.23. The van der Waals surface area contributed by atoms with E-state index in [1.54, 1.807) is 12.0 Å². The SMILES string of the molecule is CCc1cc(N2CCOc3ccc(O[C@H]4CCN(C=O)C4)cc32)cnc1OC. The molecule has 2 aliphatic heterocycles. The van der Waals surface area contributed by atoms with Gasteiger partial charge in [-0.15, -0.1) is 0 Å². The molecule has 4 rings (SSSR count). The summed E-state index contributed by atoms with van der Waals surface area (Å²) in [6.45, 7) is 4.80. The number of carbonyl (C=O) groups is 1. The Morgan fingerprint density at radius 3 is 2.96 bits per heavy atom. The number of carbonyl (C=O) groups excluding carboxylic acids is 1. The number of benzene rings is 1. The topological polar surface area (TPSA) is 64.1 Å². The zero-order valence-electron chi connectivity index (χ0n) is 16.3. The summed E-state index contributed by atoms with van der Waals surface area (Å²) in [5, 5.41) is 0. The molecule has 1 aromatic heterocycles. The van der Waals surface area contributed by atoms with Crippen molar-refractivity contribution in [3.8, 4) is 17.4 Å². The molecule has 0 unspecified atom stereocenters. The highest BCUT2D eigenvalue weighted by Crippen LogP contribution is 2.40. The van der Waals surface area contributed by atoms with Crippen LogP contribution in [0.4, 0.5) is 11.4 Å². The van der Waals surface area contributed by atoms with Gasteiger partial charge >= 0.3 is 0 Å². The summed E-state index contributed by atoms with van der Waals surface area (Å²) in [4.78, 5) is 19.3. The lowest BCUT2D eigenvalue weighted by Crippen LogP contribution is -2.29. The van der Waals surface area contributed by atoms with Crippen molar-refractivity contribution < 1.29 is 19.0 Å². The van der Waals surface area contributed by atoms with E-state index < -0.39 is 0 Å². The Hall–Kier alpha value is -2.96. The maximum atomic E-state index is 10.9. The molecule has 1 aromatic carbocycles. The van der Waals surface area contributed by atoms with Crippen LogP contribution in [0.15, 0.2) is 30.5 Å². The van der Waals surface area contributed by atoms with Crippen LogP contribution in [-0.4, -0.2) is 55.7 Å². The zero-order chi connectivity index (χ0) is 19.5. The second-order valence-electron chi connectivity index (χ2n) is 6.97. The molecule has 7 nitrogen and oxygen atoms in total. The highest BCUT2D eigenvalue weighted by atomic mass is 16.5. The van der Waals surface area contributed by atoms with Crippen molar-refractivity contribution in [1.82, 2.24) is 9.88 Å². The fourth-order valence-electron chi connectivity index (χ4n) is 3.75. The largest absolute Gasteiger partial charge is 0.490 e. The first kappa shape index (κ1) is 18.4. The van der Waals surface area contributed by atoms with Gasteiger partial charge in [0.1, 0.15) is 24.2 Å². The van der Waals surface area contributed by atoms with E-state index in [2.05, 4.69) is 22.9 Å². The number of anilines is 2. The number of pyridine rings is 1. The number of fused-ring (bicyclic) bond motifs is 1. The van der Waals surface area contributed by atoms with Crippen LogP contribution in [0.3, 0.4) is 0 Å². The molecule has 0 bridgehead atoms. The highest BCUT2D eigenvalue weighted by molar-refractivity contribution is 5.72. The third-order valence-corrected chi connectivity index (χ3v) is 5.22. The first-order valence-electron chi connectivity index (χ1n) is 9.65. The van der Waals surface area contributed by atoms with Gasteiger partial charge in [0.05, 0.1) is 37.8 Å². The van der Waals surface area contributed by atoms with Crippen LogP contribution in [0.1, 0.15) is 18.9 Å². The van der Waals surface area contributed by atoms with Crippen molar-refractivity contribution >= 4 is 17.8 Å². The fourth-order valence-corrected chi connectivity index (χ4v) is 3.75. The summed E-state index contributed by atoms with van der Waals surface area (Å²) in [5.74, 6) is 2.27. The first-order valence-corrected chi connectivity index (χ1v) is 9.65. The van der Waals surface area contributed by atoms with Gasteiger partial charge in [0.2, 0.25) is 12.3 Å². The van der Waals surface area contributed by atoms with Crippen LogP contribution >= 0.6 is 0 Å². The van der Waals surface area contributed by atoms with Gasteiger partial charge in [0.25, 0.3) is 0 Å². The number of nitrogens with zero attached hydrogens (tertiary/aromatic N) is 3. The van der Waals surface area contributed by atoms with E-state index in [-0.39, 0.29) is 6.10 Å². The molecule has 0 spiro atoms. The summed E-state index contributed by atoms with van der Waals surface area (Å²) in [5.41, 5.74) is 3.04. The third kappa shape index (κ3) is 3.56. The second kappa shape index (κ2) is 7.96. The Morgan fingerprint density at radius 1 is 1.32 bits per heavy atom. The van der Waals surface area contributed by atoms with E-state index in [0.29, 0.717) is 19.0 Å². The lowest BCUT2D eigenvalue weighted by Gasteiger charge is -2.32. The first-order chi connectivity index (χ1) is 13.7. The molecular formula is C21H25N3O4. The maximum absolute atomic E-state index is 10.9. The average molecular weight is 383 g/mol. The van der Waals surface area contributed by atoms with Crippen molar-refractivity contribution in [2.24, 2.45) is 0 Å². The van der Waals surface area contributed by atoms with E-state index in [1.165, 1.54) is 0 Å². The Balaban J connectivity index is 1.60. The molecule has 3 heterocycles. The summed E-state index contributed by atoms with van der Waals surface area (Å²) in [6.07, 6.45) is 4.43. The van der Waals surface area contributed by atoms with Crippen LogP contribution < -0.4 is 19.1 Å². The van der Waals surface area contributed by atoms with Gasteiger partial charge < -0.3 is 24.0 Å². The summed E-state index contributed by atoms with van der Waals surface area (Å²) in [6, 6.07) is 8.00. The zero-order valence-corrected chi connectivity index (χ0v) is 16.3. The van der Waals surface area contributed by atoms with Crippen molar-refractivity contribution in [2.75, 3.05) is 38.3 Å². The van der Waals surface area contributed by atoms with Gasteiger partial charge in [-0.3, -0.25) is 4.79 Å². The van der Waals surface area contributed by atoms with Crippen molar-refractivity contribution in [3.63, 3.8) is 0 Å². The van der Waals surface area contributed by atoms with Crippen LogP contribution in [0.5, 0.6) is 17.4 Å². The maximum Gasteiger partial charge on any atom is 0.216 e. The second-order valence-corrected chi connectivity index (χ2v) is 6.97. The average Bonchev–Trinajstić information content (AvgIpc) is 3.20. The smallest absolute Gasteiger partial charge is 0.216 e. The number of ether oxygens (including phenoxy) is 3. The molecule has 7 heteroatoms. The molecule has 1 amide bonds. The molecule has 0 aliphatic carbocycles. The molecule has 0 saturated carbocycles. The minimum absolute atomic E-state index is 0.0237. The molecule has 1 fully saturated rings. The highest BCUT2D eigenvalue weighted by Gasteiger charge is 2.25. The summed E-state index contributed by atoms with van der Waals surface area (Å²) in [7, 11) is 1.64. The minimum atomic E-state index is 0.0237. The van der Waals surface area contributed by atoms with Crippen molar-refractivity contribution in [2.45, 2.75) is 25.9 Å². The number of aromatic nitrogens is 1. The molecule has 1 atom stereocenters. The number of hydrogen-bond donors (Lipinski definition) is 0. The van der Waals surface area contributed by atoms with E-state index >= 15 is 0 Å². The van der Waals surface area contributed by atoms with Crippen molar-refractivity contribution in [1.29, 1.82) is 0 Å². The summed E-state index contributed by atoms with van der Waals surface area (Å²) < 4.78 is 17.3. The third-order valence-electron chi connectivity index (χ3n) is 5.22. The molecule has 148 valence electrons. The molecule has 2 aliphatic rings. The van der Waals surface area contributed by atoms with E-state index in [4.69, 9.17) is 14.2 Å². The van der Waals surface area contributed by atoms with Gasteiger partial charge in [-0.25, -0.2) is 4.98 Å². The normalized spacial score (nSPS) is 18.4. The lowest BCUT2D eigenvalue weighted by molar-refractivity contribution is -0.117. The van der Waals surface area contributed by atoms with Gasteiger partial charge in [-0.05, 0) is 24.6 Å². The molecule has 28 heavy (non-hydrogen) atoms. The Morgan fingerprint density at radius 2 is 2.21 bits per heavy atom. The quantitative estimate of drug-likeness (QED) is 0.715. The van der Waals surface area contributed by atoms with Crippen LogP contribution in [0.25, 0.3) is 0 Å². The van der Waals surface area contributed by atoms with Gasteiger partial charge in [-0.2, -0.15) is 0 Å². The monoisotopic (exact) mass is 383 g/mol. The molecule has 0 N–H and O–H groups in total. The molecule has 2 aromatic rings. The van der Waals surface area contributed by atoms with Gasteiger partial charge in [0, 0.05) is 24.6 Å². The number of likely N-dealkylation sites (tertiary alicyclic amines) is 1. The lowest BCUT2D eigenvalue weighted by atomic mass is 10.1.